The summed E-state index contributed by atoms with van der Waals surface area (Å²) in [5.41, 5.74) is 0. The van der Waals surface area contributed by atoms with Crippen molar-refractivity contribution in [2.75, 3.05) is 13.2 Å². The second-order valence-corrected chi connectivity index (χ2v) is 9.97. The molecule has 0 aliphatic carbocycles. The van der Waals surface area contributed by atoms with E-state index in [1.807, 2.05) is 70.2 Å². The van der Waals surface area contributed by atoms with Gasteiger partial charge in [-0.05, 0) is 43.9 Å². The summed E-state index contributed by atoms with van der Waals surface area (Å²) in [4.78, 5) is 24.1. The Labute approximate surface area is 227 Å². The quantitative estimate of drug-likeness (QED) is 0.145. The molecule has 0 radical (unpaired) electrons. The topological polar surface area (TPSA) is 71.1 Å². The highest BCUT2D eigenvalue weighted by atomic mass is 79.9. The molecule has 6 nitrogen and oxygen atoms in total. The Balaban J connectivity index is 1.97. The van der Waals surface area contributed by atoms with Crippen LogP contribution >= 0.6 is 15.9 Å². The van der Waals surface area contributed by atoms with Gasteiger partial charge in [-0.3, -0.25) is 9.59 Å². The van der Waals surface area contributed by atoms with E-state index in [-0.39, 0.29) is 37.4 Å². The molecule has 3 aromatic rings. The van der Waals surface area contributed by atoms with Crippen LogP contribution in [0, 0.1) is 0 Å². The Kier molecular flexibility index (Phi) is 11.1. The molecule has 0 saturated carbocycles. The van der Waals surface area contributed by atoms with E-state index in [4.69, 9.17) is 18.9 Å². The van der Waals surface area contributed by atoms with Crippen LogP contribution in [0.2, 0.25) is 0 Å². The average Bonchev–Trinajstić information content (AvgIpc) is 2.89. The highest BCUT2D eigenvalue weighted by Gasteiger charge is 2.21. The summed E-state index contributed by atoms with van der Waals surface area (Å²) in [6.45, 7) is 8.38. The predicted octanol–water partition coefficient (Wildman–Crippen LogP) is 7.76. The minimum atomic E-state index is -0.334. The number of rotatable bonds is 14. The van der Waals surface area contributed by atoms with E-state index in [2.05, 4.69) is 15.9 Å². The number of hydrogen-bond acceptors (Lipinski definition) is 6. The van der Waals surface area contributed by atoms with Crippen molar-refractivity contribution in [3.8, 4) is 11.5 Å². The van der Waals surface area contributed by atoms with E-state index in [0.717, 1.165) is 44.6 Å². The van der Waals surface area contributed by atoms with Crippen LogP contribution in [0.15, 0.2) is 46.9 Å². The SMILES string of the molecule is CCCC(=O)OC(CC)COc1c2ccccc2c(OCC(CC)OC(=O)CCC)c2cc(Br)ccc12. The van der Waals surface area contributed by atoms with Crippen LogP contribution in [-0.2, 0) is 19.1 Å². The number of ether oxygens (including phenoxy) is 4. The molecule has 200 valence electrons. The zero-order chi connectivity index (χ0) is 26.8. The molecule has 7 heteroatoms. The number of esters is 2. The Bertz CT molecular complexity index is 1210. The van der Waals surface area contributed by atoms with Crippen LogP contribution in [0.1, 0.15) is 66.2 Å². The highest BCUT2D eigenvalue weighted by molar-refractivity contribution is 9.10. The fraction of sp³-hybridized carbons (Fsp3) is 0.467. The van der Waals surface area contributed by atoms with Gasteiger partial charge in [-0.15, -0.1) is 0 Å². The number of hydrogen-bond donors (Lipinski definition) is 0. The molecule has 0 aliphatic heterocycles. The first kappa shape index (κ1) is 28.8. The molecular weight excluding hydrogens is 536 g/mol. The van der Waals surface area contributed by atoms with Crippen molar-refractivity contribution in [2.24, 2.45) is 0 Å². The molecule has 0 aromatic heterocycles. The number of fused-ring (bicyclic) bond motifs is 2. The van der Waals surface area contributed by atoms with Crippen molar-refractivity contribution in [2.45, 2.75) is 78.4 Å². The minimum absolute atomic E-state index is 0.203. The molecule has 37 heavy (non-hydrogen) atoms. The summed E-state index contributed by atoms with van der Waals surface area (Å²) < 4.78 is 24.9. The molecule has 0 bridgehead atoms. The zero-order valence-corrected chi connectivity index (χ0v) is 23.8. The summed E-state index contributed by atoms with van der Waals surface area (Å²) in [5, 5.41) is 3.57. The van der Waals surface area contributed by atoms with Crippen LogP contribution in [0.5, 0.6) is 11.5 Å². The molecule has 0 spiro atoms. The van der Waals surface area contributed by atoms with Crippen LogP contribution in [0.25, 0.3) is 21.5 Å². The molecule has 0 fully saturated rings. The third-order valence-electron chi connectivity index (χ3n) is 6.13. The molecule has 0 aliphatic rings. The molecule has 2 atom stereocenters. The summed E-state index contributed by atoms with van der Waals surface area (Å²) in [7, 11) is 0. The molecule has 0 heterocycles. The van der Waals surface area contributed by atoms with Crippen molar-refractivity contribution >= 4 is 49.4 Å². The molecule has 0 amide bonds. The maximum Gasteiger partial charge on any atom is 0.306 e. The molecule has 3 aromatic carbocycles. The minimum Gasteiger partial charge on any atom is -0.488 e. The van der Waals surface area contributed by atoms with Gasteiger partial charge in [0.05, 0.1) is 0 Å². The van der Waals surface area contributed by atoms with Gasteiger partial charge in [0, 0.05) is 38.9 Å². The maximum atomic E-state index is 12.1. The second-order valence-electron chi connectivity index (χ2n) is 9.06. The number of carbonyl (C=O) groups excluding carboxylic acids is 2. The first-order valence-corrected chi connectivity index (χ1v) is 14.0. The van der Waals surface area contributed by atoms with Gasteiger partial charge in [0.2, 0.25) is 0 Å². The maximum absolute atomic E-state index is 12.1. The normalized spacial score (nSPS) is 12.8. The lowest BCUT2D eigenvalue weighted by molar-refractivity contribution is -0.151. The monoisotopic (exact) mass is 572 g/mol. The van der Waals surface area contributed by atoms with E-state index < -0.39 is 0 Å². The highest BCUT2D eigenvalue weighted by Crippen LogP contribution is 2.44. The summed E-state index contributed by atoms with van der Waals surface area (Å²) in [5.74, 6) is 1.03. The van der Waals surface area contributed by atoms with E-state index in [1.54, 1.807) is 0 Å². The van der Waals surface area contributed by atoms with Gasteiger partial charge in [0.1, 0.15) is 36.9 Å². The van der Waals surface area contributed by atoms with Gasteiger partial charge >= 0.3 is 11.9 Å². The predicted molar refractivity (Wildman–Crippen MR) is 150 cm³/mol. The van der Waals surface area contributed by atoms with Gasteiger partial charge in [0.15, 0.2) is 0 Å². The Morgan fingerprint density at radius 2 is 1.16 bits per heavy atom. The van der Waals surface area contributed by atoms with Crippen molar-refractivity contribution in [1.82, 2.24) is 0 Å². The lowest BCUT2D eigenvalue weighted by Gasteiger charge is -2.22. The van der Waals surface area contributed by atoms with E-state index >= 15 is 0 Å². The second kappa shape index (κ2) is 14.2. The standard InChI is InChI=1S/C30H37BrO6/c1-5-11-27(32)36-21(7-3)18-34-29-23-13-9-10-14-24(23)30(26-17-20(31)15-16-25(26)29)35-19-22(8-4)37-28(33)12-6-2/h9-10,13-17,21-22H,5-8,11-12,18-19H2,1-4H3. The first-order chi connectivity index (χ1) is 17.9. The van der Waals surface area contributed by atoms with Gasteiger partial charge in [-0.1, -0.05) is 67.9 Å². The number of carbonyl (C=O) groups is 2. The fourth-order valence-electron chi connectivity index (χ4n) is 4.10. The van der Waals surface area contributed by atoms with E-state index in [9.17, 15) is 9.59 Å². The average molecular weight is 574 g/mol. The number of benzene rings is 3. The van der Waals surface area contributed by atoms with E-state index in [1.165, 1.54) is 0 Å². The molecule has 0 N–H and O–H groups in total. The largest absolute Gasteiger partial charge is 0.488 e. The van der Waals surface area contributed by atoms with E-state index in [0.29, 0.717) is 31.4 Å². The Morgan fingerprint density at radius 3 is 1.62 bits per heavy atom. The molecular formula is C30H37BrO6. The number of halogens is 1. The van der Waals surface area contributed by atoms with Crippen LogP contribution in [-0.4, -0.2) is 37.4 Å². The Morgan fingerprint density at radius 1 is 0.703 bits per heavy atom. The van der Waals surface area contributed by atoms with Crippen molar-refractivity contribution < 1.29 is 28.5 Å². The lowest BCUT2D eigenvalue weighted by atomic mass is 10.0. The van der Waals surface area contributed by atoms with Gasteiger partial charge in [-0.2, -0.15) is 0 Å². The van der Waals surface area contributed by atoms with Crippen molar-refractivity contribution in [3.05, 3.63) is 46.9 Å². The molecule has 0 saturated heterocycles. The summed E-state index contributed by atoms with van der Waals surface area (Å²) in [6, 6.07) is 13.9. The Hall–Kier alpha value is -2.80. The van der Waals surface area contributed by atoms with Crippen molar-refractivity contribution in [3.63, 3.8) is 0 Å². The first-order valence-electron chi connectivity index (χ1n) is 13.2. The smallest absolute Gasteiger partial charge is 0.306 e. The third-order valence-corrected chi connectivity index (χ3v) is 6.62. The van der Waals surface area contributed by atoms with Gasteiger partial charge in [0.25, 0.3) is 0 Å². The third kappa shape index (κ3) is 7.60. The summed E-state index contributed by atoms with van der Waals surface area (Å²) >= 11 is 3.59. The van der Waals surface area contributed by atoms with Gasteiger partial charge < -0.3 is 18.9 Å². The van der Waals surface area contributed by atoms with Gasteiger partial charge in [-0.25, -0.2) is 0 Å². The summed E-state index contributed by atoms with van der Waals surface area (Å²) in [6.07, 6.45) is 2.94. The fourth-order valence-corrected chi connectivity index (χ4v) is 4.46. The van der Waals surface area contributed by atoms with Crippen LogP contribution in [0.3, 0.4) is 0 Å². The molecule has 3 rings (SSSR count). The lowest BCUT2D eigenvalue weighted by Crippen LogP contribution is -2.25. The zero-order valence-electron chi connectivity index (χ0n) is 22.2. The van der Waals surface area contributed by atoms with Crippen LogP contribution < -0.4 is 9.47 Å². The molecule has 2 unspecified atom stereocenters. The van der Waals surface area contributed by atoms with Crippen LogP contribution in [0.4, 0.5) is 0 Å². The van der Waals surface area contributed by atoms with Crippen molar-refractivity contribution in [1.29, 1.82) is 0 Å².